The molecule has 23 heavy (non-hydrogen) atoms. The normalized spacial score (nSPS) is 11.5. The summed E-state index contributed by atoms with van der Waals surface area (Å²) in [6, 6.07) is 3.47. The fourth-order valence-corrected chi connectivity index (χ4v) is 3.04. The number of amides is 2. The lowest BCUT2D eigenvalue weighted by atomic mass is 10.2. The van der Waals surface area contributed by atoms with Crippen molar-refractivity contribution in [2.75, 3.05) is 6.54 Å². The molecule has 1 N–H and O–H groups in total. The number of pyridine rings is 1. The van der Waals surface area contributed by atoms with Gasteiger partial charge in [0.15, 0.2) is 0 Å². The van der Waals surface area contributed by atoms with Gasteiger partial charge < -0.3 is 10.2 Å². The average Bonchev–Trinajstić information content (AvgIpc) is 2.99. The molecule has 0 radical (unpaired) electrons. The minimum atomic E-state index is -0.188. The maximum Gasteiger partial charge on any atom is 0.319 e. The number of urea groups is 1. The van der Waals surface area contributed by atoms with Crippen molar-refractivity contribution < 1.29 is 4.79 Å². The standard InChI is InChI=1S/C17H20N4OS/c1-4-9-21(12-14-7-6-8-18-11-14)17(22)20-15(5-2)16-19-10-13(3)23-16/h1,6-8,10-11,15H,5,9,12H2,2-3H3,(H,20,22)/t15-/m1/s1. The van der Waals surface area contributed by atoms with Crippen LogP contribution in [0.15, 0.2) is 30.7 Å². The maximum absolute atomic E-state index is 12.6. The van der Waals surface area contributed by atoms with Gasteiger partial charge in [0.25, 0.3) is 0 Å². The Labute approximate surface area is 140 Å². The Morgan fingerprint density at radius 3 is 2.91 bits per heavy atom. The molecule has 1 atom stereocenters. The molecule has 0 saturated carbocycles. The van der Waals surface area contributed by atoms with Gasteiger partial charge >= 0.3 is 6.03 Å². The molecule has 2 aromatic heterocycles. The molecule has 0 aromatic carbocycles. The van der Waals surface area contributed by atoms with Crippen molar-refractivity contribution in [2.24, 2.45) is 0 Å². The smallest absolute Gasteiger partial charge is 0.319 e. The summed E-state index contributed by atoms with van der Waals surface area (Å²) < 4.78 is 0. The van der Waals surface area contributed by atoms with Gasteiger partial charge in [-0.3, -0.25) is 4.98 Å². The topological polar surface area (TPSA) is 58.1 Å². The van der Waals surface area contributed by atoms with Crippen molar-refractivity contribution in [1.29, 1.82) is 0 Å². The number of hydrogen-bond donors (Lipinski definition) is 1. The Hall–Kier alpha value is -2.39. The number of terminal acetylenes is 1. The van der Waals surface area contributed by atoms with Crippen LogP contribution in [0.5, 0.6) is 0 Å². The van der Waals surface area contributed by atoms with E-state index in [1.54, 1.807) is 28.6 Å². The number of aryl methyl sites for hydroxylation is 1. The summed E-state index contributed by atoms with van der Waals surface area (Å²) in [5, 5.41) is 3.94. The Morgan fingerprint density at radius 1 is 1.52 bits per heavy atom. The predicted octanol–water partition coefficient (Wildman–Crippen LogP) is 3.14. The van der Waals surface area contributed by atoms with Crippen molar-refractivity contribution in [3.8, 4) is 12.3 Å². The van der Waals surface area contributed by atoms with E-state index in [9.17, 15) is 4.79 Å². The van der Waals surface area contributed by atoms with Gasteiger partial charge in [-0.1, -0.05) is 18.9 Å². The second-order valence-electron chi connectivity index (χ2n) is 5.14. The van der Waals surface area contributed by atoms with E-state index >= 15 is 0 Å². The van der Waals surface area contributed by atoms with Gasteiger partial charge in [0.2, 0.25) is 0 Å². The SMILES string of the molecule is C#CCN(Cc1cccnc1)C(=O)N[C@H](CC)c1ncc(C)s1. The molecule has 2 heterocycles. The molecule has 0 aliphatic heterocycles. The van der Waals surface area contributed by atoms with E-state index < -0.39 is 0 Å². The maximum atomic E-state index is 12.6. The molecule has 0 bridgehead atoms. The molecule has 120 valence electrons. The van der Waals surface area contributed by atoms with Crippen LogP contribution in [0, 0.1) is 19.3 Å². The first-order valence-electron chi connectivity index (χ1n) is 7.44. The van der Waals surface area contributed by atoms with Crippen LogP contribution in [0.3, 0.4) is 0 Å². The fourth-order valence-electron chi connectivity index (χ4n) is 2.13. The Kier molecular flexibility index (Phi) is 6.12. The van der Waals surface area contributed by atoms with Gasteiger partial charge in [0.1, 0.15) is 5.01 Å². The third-order valence-electron chi connectivity index (χ3n) is 3.31. The third-order valence-corrected chi connectivity index (χ3v) is 4.34. The Bertz CT molecular complexity index is 677. The summed E-state index contributed by atoms with van der Waals surface area (Å²) >= 11 is 1.60. The zero-order chi connectivity index (χ0) is 16.7. The third kappa shape index (κ3) is 4.80. The van der Waals surface area contributed by atoms with Crippen LogP contribution in [0.1, 0.15) is 34.8 Å². The van der Waals surface area contributed by atoms with E-state index in [2.05, 4.69) is 21.2 Å². The summed E-state index contributed by atoms with van der Waals surface area (Å²) in [5.74, 6) is 2.54. The molecule has 2 rings (SSSR count). The molecule has 0 fully saturated rings. The van der Waals surface area contributed by atoms with Crippen molar-refractivity contribution >= 4 is 17.4 Å². The highest BCUT2D eigenvalue weighted by Gasteiger charge is 2.20. The summed E-state index contributed by atoms with van der Waals surface area (Å²) in [6.45, 7) is 4.70. The quantitative estimate of drug-likeness (QED) is 0.829. The fraction of sp³-hybridized carbons (Fsp3) is 0.353. The summed E-state index contributed by atoms with van der Waals surface area (Å²) in [7, 11) is 0. The Balaban J connectivity index is 2.06. The van der Waals surface area contributed by atoms with Crippen molar-refractivity contribution in [1.82, 2.24) is 20.2 Å². The summed E-state index contributed by atoms with van der Waals surface area (Å²) in [4.78, 5) is 23.7. The van der Waals surface area contributed by atoms with Crippen molar-refractivity contribution in [3.63, 3.8) is 0 Å². The van der Waals surface area contributed by atoms with Crippen LogP contribution in [-0.2, 0) is 6.54 Å². The molecule has 6 heteroatoms. The predicted molar refractivity (Wildman–Crippen MR) is 91.9 cm³/mol. The molecule has 2 amide bonds. The highest BCUT2D eigenvalue weighted by atomic mass is 32.1. The van der Waals surface area contributed by atoms with Crippen LogP contribution in [0.2, 0.25) is 0 Å². The molecule has 5 nitrogen and oxygen atoms in total. The van der Waals surface area contributed by atoms with Gasteiger partial charge in [-0.05, 0) is 25.0 Å². The number of rotatable bonds is 6. The molecular formula is C17H20N4OS. The number of carbonyl (C=O) groups excluding carboxylic acids is 1. The van der Waals surface area contributed by atoms with E-state index in [1.165, 1.54) is 0 Å². The average molecular weight is 328 g/mol. The number of nitrogens with one attached hydrogen (secondary N) is 1. The van der Waals surface area contributed by atoms with E-state index in [-0.39, 0.29) is 18.6 Å². The molecule has 0 unspecified atom stereocenters. The monoisotopic (exact) mass is 328 g/mol. The lowest BCUT2D eigenvalue weighted by Gasteiger charge is -2.24. The van der Waals surface area contributed by atoms with Crippen LogP contribution in [0.4, 0.5) is 4.79 Å². The molecule has 2 aromatic rings. The van der Waals surface area contributed by atoms with Crippen LogP contribution >= 0.6 is 11.3 Å². The van der Waals surface area contributed by atoms with Crippen LogP contribution in [0.25, 0.3) is 0 Å². The van der Waals surface area contributed by atoms with Gasteiger partial charge in [-0.2, -0.15) is 0 Å². The largest absolute Gasteiger partial charge is 0.329 e. The zero-order valence-corrected chi connectivity index (χ0v) is 14.1. The highest BCUT2D eigenvalue weighted by Crippen LogP contribution is 2.22. The number of hydrogen-bond acceptors (Lipinski definition) is 4. The number of thiazole rings is 1. The van der Waals surface area contributed by atoms with Crippen molar-refractivity contribution in [2.45, 2.75) is 32.9 Å². The van der Waals surface area contributed by atoms with Gasteiger partial charge in [0, 0.05) is 30.0 Å². The second kappa shape index (κ2) is 8.30. The number of aromatic nitrogens is 2. The van der Waals surface area contributed by atoms with Gasteiger partial charge in [-0.25, -0.2) is 9.78 Å². The van der Waals surface area contributed by atoms with Crippen LogP contribution < -0.4 is 5.32 Å². The first-order chi connectivity index (χ1) is 11.1. The first-order valence-corrected chi connectivity index (χ1v) is 8.25. The van der Waals surface area contributed by atoms with Crippen molar-refractivity contribution in [3.05, 3.63) is 46.2 Å². The van der Waals surface area contributed by atoms with E-state index in [4.69, 9.17) is 6.42 Å². The highest BCUT2D eigenvalue weighted by molar-refractivity contribution is 7.11. The minimum Gasteiger partial charge on any atom is -0.329 e. The van der Waals surface area contributed by atoms with Gasteiger partial charge in [0.05, 0.1) is 12.6 Å². The molecule has 0 aliphatic rings. The summed E-state index contributed by atoms with van der Waals surface area (Å²) in [6.07, 6.45) is 11.4. The zero-order valence-electron chi connectivity index (χ0n) is 13.3. The first kappa shape index (κ1) is 17.0. The minimum absolute atomic E-state index is 0.102. The van der Waals surface area contributed by atoms with E-state index in [1.807, 2.05) is 32.2 Å². The lowest BCUT2D eigenvalue weighted by molar-refractivity contribution is 0.197. The van der Waals surface area contributed by atoms with E-state index in [0.29, 0.717) is 6.54 Å². The molecule has 0 aliphatic carbocycles. The second-order valence-corrected chi connectivity index (χ2v) is 6.41. The lowest BCUT2D eigenvalue weighted by Crippen LogP contribution is -2.41. The van der Waals surface area contributed by atoms with Crippen LogP contribution in [-0.4, -0.2) is 27.4 Å². The van der Waals surface area contributed by atoms with E-state index in [0.717, 1.165) is 21.9 Å². The molecular weight excluding hydrogens is 308 g/mol. The number of nitrogens with zero attached hydrogens (tertiary/aromatic N) is 3. The summed E-state index contributed by atoms with van der Waals surface area (Å²) in [5.41, 5.74) is 0.941. The molecule has 0 saturated heterocycles. The van der Waals surface area contributed by atoms with Gasteiger partial charge in [-0.15, -0.1) is 17.8 Å². The number of carbonyl (C=O) groups is 1. The Morgan fingerprint density at radius 2 is 2.35 bits per heavy atom. The molecule has 0 spiro atoms.